The Morgan fingerprint density at radius 1 is 1.38 bits per heavy atom. The first kappa shape index (κ1) is 14.5. The Hall–Kier alpha value is -1.46. The van der Waals surface area contributed by atoms with E-state index in [1.54, 1.807) is 6.07 Å². The van der Waals surface area contributed by atoms with Crippen molar-refractivity contribution in [3.63, 3.8) is 0 Å². The monoisotopic (exact) mass is 291 g/mol. The van der Waals surface area contributed by atoms with Crippen molar-refractivity contribution in [3.05, 3.63) is 29.1 Å². The third-order valence-electron chi connectivity index (χ3n) is 4.55. The van der Waals surface area contributed by atoms with Crippen molar-refractivity contribution in [1.82, 2.24) is 10.2 Å². The van der Waals surface area contributed by atoms with E-state index in [2.05, 4.69) is 22.6 Å². The lowest BCUT2D eigenvalue weighted by Crippen LogP contribution is -2.36. The lowest BCUT2D eigenvalue weighted by molar-refractivity contribution is -0.121. The van der Waals surface area contributed by atoms with Crippen molar-refractivity contribution in [2.24, 2.45) is 5.92 Å². The molecule has 2 aliphatic rings. The standard InChI is InChI=1S/C16H22FN3O/c1-20-8-5-11(6-9-20)16(21)19-14-3-2-12-10-18-7-4-13(12)15(14)17/h2-3,11,18H,4-10H2,1H3,(H,19,21). The maximum Gasteiger partial charge on any atom is 0.227 e. The van der Waals surface area contributed by atoms with Crippen LogP contribution in [0.2, 0.25) is 0 Å². The molecular formula is C16H22FN3O. The molecule has 0 atom stereocenters. The molecule has 0 spiro atoms. The smallest absolute Gasteiger partial charge is 0.227 e. The van der Waals surface area contributed by atoms with Gasteiger partial charge in [-0.15, -0.1) is 0 Å². The number of halogens is 1. The summed E-state index contributed by atoms with van der Waals surface area (Å²) in [5.41, 5.74) is 2.07. The quantitative estimate of drug-likeness (QED) is 0.872. The molecule has 5 heteroatoms. The van der Waals surface area contributed by atoms with Crippen LogP contribution in [0.4, 0.5) is 10.1 Å². The molecule has 3 rings (SSSR count). The van der Waals surface area contributed by atoms with E-state index in [1.165, 1.54) is 0 Å². The van der Waals surface area contributed by atoms with Crippen LogP contribution in [0.3, 0.4) is 0 Å². The number of rotatable bonds is 2. The number of benzene rings is 1. The van der Waals surface area contributed by atoms with Crippen LogP contribution in [0.5, 0.6) is 0 Å². The number of anilines is 1. The fourth-order valence-corrected chi connectivity index (χ4v) is 3.14. The number of carbonyl (C=O) groups is 1. The predicted octanol–water partition coefficient (Wildman–Crippen LogP) is 1.75. The summed E-state index contributed by atoms with van der Waals surface area (Å²) >= 11 is 0. The Morgan fingerprint density at radius 3 is 2.90 bits per heavy atom. The topological polar surface area (TPSA) is 44.4 Å². The second-order valence-corrected chi connectivity index (χ2v) is 6.06. The maximum absolute atomic E-state index is 14.5. The summed E-state index contributed by atoms with van der Waals surface area (Å²) in [7, 11) is 2.06. The summed E-state index contributed by atoms with van der Waals surface area (Å²) < 4.78 is 14.5. The molecule has 1 amide bonds. The van der Waals surface area contributed by atoms with Crippen LogP contribution in [0.15, 0.2) is 12.1 Å². The van der Waals surface area contributed by atoms with Crippen LogP contribution >= 0.6 is 0 Å². The minimum absolute atomic E-state index is 0.00157. The number of hydrogen-bond acceptors (Lipinski definition) is 3. The van der Waals surface area contributed by atoms with Gasteiger partial charge in [0, 0.05) is 12.5 Å². The van der Waals surface area contributed by atoms with E-state index in [0.29, 0.717) is 18.7 Å². The molecule has 0 bridgehead atoms. The molecule has 0 unspecified atom stereocenters. The lowest BCUT2D eigenvalue weighted by Gasteiger charge is -2.28. The molecule has 2 aliphatic heterocycles. The zero-order valence-electron chi connectivity index (χ0n) is 12.4. The second kappa shape index (κ2) is 6.12. The Bertz CT molecular complexity index is 539. The van der Waals surface area contributed by atoms with Gasteiger partial charge in [-0.3, -0.25) is 4.79 Å². The summed E-state index contributed by atoms with van der Waals surface area (Å²) in [5.74, 6) is -0.301. The predicted molar refractivity (Wildman–Crippen MR) is 80.7 cm³/mol. The van der Waals surface area contributed by atoms with Gasteiger partial charge in [-0.25, -0.2) is 4.39 Å². The summed E-state index contributed by atoms with van der Waals surface area (Å²) in [4.78, 5) is 14.5. The van der Waals surface area contributed by atoms with Crippen LogP contribution in [-0.2, 0) is 17.8 Å². The Morgan fingerprint density at radius 2 is 2.14 bits per heavy atom. The first-order chi connectivity index (χ1) is 10.1. The van der Waals surface area contributed by atoms with Gasteiger partial charge in [0.05, 0.1) is 5.69 Å². The zero-order chi connectivity index (χ0) is 14.8. The van der Waals surface area contributed by atoms with E-state index >= 15 is 0 Å². The highest BCUT2D eigenvalue weighted by Crippen LogP contribution is 2.26. The largest absolute Gasteiger partial charge is 0.323 e. The van der Waals surface area contributed by atoms with Gasteiger partial charge >= 0.3 is 0 Å². The van der Waals surface area contributed by atoms with Crippen molar-refractivity contribution in [2.75, 3.05) is 32.0 Å². The maximum atomic E-state index is 14.5. The van der Waals surface area contributed by atoms with Crippen LogP contribution in [-0.4, -0.2) is 37.5 Å². The second-order valence-electron chi connectivity index (χ2n) is 6.06. The first-order valence-electron chi connectivity index (χ1n) is 7.65. The average Bonchev–Trinajstić information content (AvgIpc) is 2.51. The molecule has 0 aromatic heterocycles. The van der Waals surface area contributed by atoms with Crippen molar-refractivity contribution in [1.29, 1.82) is 0 Å². The average molecular weight is 291 g/mol. The molecule has 2 N–H and O–H groups in total. The van der Waals surface area contributed by atoms with Gasteiger partial charge in [0.1, 0.15) is 5.82 Å². The number of fused-ring (bicyclic) bond motifs is 1. The summed E-state index contributed by atoms with van der Waals surface area (Å²) in [6.45, 7) is 3.35. The van der Waals surface area contributed by atoms with Crippen LogP contribution in [0.25, 0.3) is 0 Å². The van der Waals surface area contributed by atoms with Gasteiger partial charge in [-0.1, -0.05) is 6.07 Å². The molecular weight excluding hydrogens is 269 g/mol. The molecule has 1 saturated heterocycles. The third-order valence-corrected chi connectivity index (χ3v) is 4.55. The normalized spacial score (nSPS) is 20.1. The van der Waals surface area contributed by atoms with E-state index in [-0.39, 0.29) is 17.6 Å². The molecule has 114 valence electrons. The molecule has 21 heavy (non-hydrogen) atoms. The highest BCUT2D eigenvalue weighted by molar-refractivity contribution is 5.92. The van der Waals surface area contributed by atoms with Gasteiger partial charge in [-0.2, -0.15) is 0 Å². The van der Waals surface area contributed by atoms with Crippen molar-refractivity contribution < 1.29 is 9.18 Å². The van der Waals surface area contributed by atoms with E-state index in [1.807, 2.05) is 6.07 Å². The van der Waals surface area contributed by atoms with Gasteiger partial charge in [0.25, 0.3) is 0 Å². The zero-order valence-corrected chi connectivity index (χ0v) is 12.4. The molecule has 2 heterocycles. The number of amides is 1. The van der Waals surface area contributed by atoms with Crippen LogP contribution in [0.1, 0.15) is 24.0 Å². The lowest BCUT2D eigenvalue weighted by atomic mass is 9.95. The molecule has 0 radical (unpaired) electrons. The number of likely N-dealkylation sites (tertiary alicyclic amines) is 1. The Kier molecular flexibility index (Phi) is 4.22. The summed E-state index contributed by atoms with van der Waals surface area (Å²) in [6.07, 6.45) is 2.37. The molecule has 1 fully saturated rings. The van der Waals surface area contributed by atoms with E-state index in [9.17, 15) is 9.18 Å². The number of hydrogen-bond donors (Lipinski definition) is 2. The van der Waals surface area contributed by atoms with Gasteiger partial charge < -0.3 is 15.5 Å². The number of piperidine rings is 1. The molecule has 4 nitrogen and oxygen atoms in total. The van der Waals surface area contributed by atoms with Crippen molar-refractivity contribution in [2.45, 2.75) is 25.8 Å². The molecule has 0 saturated carbocycles. The first-order valence-corrected chi connectivity index (χ1v) is 7.65. The van der Waals surface area contributed by atoms with Crippen molar-refractivity contribution >= 4 is 11.6 Å². The van der Waals surface area contributed by atoms with Crippen LogP contribution in [0, 0.1) is 11.7 Å². The highest BCUT2D eigenvalue weighted by Gasteiger charge is 2.25. The highest BCUT2D eigenvalue weighted by atomic mass is 19.1. The SMILES string of the molecule is CN1CCC(C(=O)Nc2ccc3c(c2F)CCNC3)CC1. The summed E-state index contributed by atoms with van der Waals surface area (Å²) in [5, 5.41) is 6.02. The van der Waals surface area contributed by atoms with Gasteiger partial charge in [0.15, 0.2) is 0 Å². The van der Waals surface area contributed by atoms with Crippen molar-refractivity contribution in [3.8, 4) is 0 Å². The fraction of sp³-hybridized carbons (Fsp3) is 0.562. The summed E-state index contributed by atoms with van der Waals surface area (Å²) in [6, 6.07) is 3.60. The van der Waals surface area contributed by atoms with E-state index in [4.69, 9.17) is 0 Å². The minimum atomic E-state index is -0.254. The molecule has 1 aromatic rings. The Balaban J connectivity index is 1.71. The van der Waals surface area contributed by atoms with Gasteiger partial charge in [-0.05, 0) is 63.1 Å². The number of nitrogens with one attached hydrogen (secondary N) is 2. The number of nitrogens with zero attached hydrogens (tertiary/aromatic N) is 1. The minimum Gasteiger partial charge on any atom is -0.323 e. The molecule has 1 aromatic carbocycles. The number of carbonyl (C=O) groups excluding carboxylic acids is 1. The molecule has 0 aliphatic carbocycles. The fourth-order valence-electron chi connectivity index (χ4n) is 3.14. The van der Waals surface area contributed by atoms with E-state index in [0.717, 1.165) is 43.6 Å². The van der Waals surface area contributed by atoms with Crippen LogP contribution < -0.4 is 10.6 Å². The van der Waals surface area contributed by atoms with E-state index < -0.39 is 0 Å². The third kappa shape index (κ3) is 3.09. The van der Waals surface area contributed by atoms with Gasteiger partial charge in [0.2, 0.25) is 5.91 Å². The Labute approximate surface area is 124 Å².